The van der Waals surface area contributed by atoms with E-state index in [2.05, 4.69) is 17.0 Å². The van der Waals surface area contributed by atoms with Gasteiger partial charge in [0.2, 0.25) is 5.91 Å². The van der Waals surface area contributed by atoms with Gasteiger partial charge in [-0.25, -0.2) is 4.79 Å². The molecular weight excluding hydrogens is 434 g/mol. The number of carbonyl (C=O) groups is 2. The smallest absolute Gasteiger partial charge is 0.426 e. The van der Waals surface area contributed by atoms with Gasteiger partial charge in [0.1, 0.15) is 0 Å². The van der Waals surface area contributed by atoms with Gasteiger partial charge < -0.3 is 19.7 Å². The molecule has 0 aromatic heterocycles. The number of rotatable bonds is 4. The summed E-state index contributed by atoms with van der Waals surface area (Å²) in [6.07, 6.45) is -14.4. The number of alkyl halides is 6. The Kier molecular flexibility index (Phi) is 6.43. The molecule has 3 rings (SSSR count). The third kappa shape index (κ3) is 5.56. The maximum atomic E-state index is 12.6. The van der Waals surface area contributed by atoms with Crippen molar-refractivity contribution in [3.05, 3.63) is 0 Å². The monoisotopic (exact) mass is 460 g/mol. The number of nitrogens with zero attached hydrogens (tertiary/aromatic N) is 1. The Bertz CT molecular complexity index is 668. The van der Waals surface area contributed by atoms with Gasteiger partial charge in [0, 0.05) is 38.8 Å². The van der Waals surface area contributed by atoms with Gasteiger partial charge in [-0.05, 0) is 42.9 Å². The lowest BCUT2D eigenvalue weighted by Crippen LogP contribution is -2.49. The van der Waals surface area contributed by atoms with E-state index in [-0.39, 0.29) is 35.7 Å². The van der Waals surface area contributed by atoms with E-state index in [0.29, 0.717) is 39.0 Å². The quantitative estimate of drug-likeness (QED) is 0.651. The van der Waals surface area contributed by atoms with Gasteiger partial charge in [0.15, 0.2) is 0 Å². The zero-order chi connectivity index (χ0) is 23.1. The zero-order valence-corrected chi connectivity index (χ0v) is 17.1. The van der Waals surface area contributed by atoms with Crippen LogP contribution in [-0.2, 0) is 14.3 Å². The summed E-state index contributed by atoms with van der Waals surface area (Å²) < 4.78 is 84.6. The number of amides is 2. The van der Waals surface area contributed by atoms with Gasteiger partial charge in [-0.3, -0.25) is 4.79 Å². The minimum absolute atomic E-state index is 0.0312. The average Bonchev–Trinajstić information content (AvgIpc) is 3.37. The third-order valence-electron chi connectivity index (χ3n) is 6.73. The molecule has 1 N–H and O–H groups in total. The number of hydrogen-bond acceptors (Lipinski definition) is 4. The summed E-state index contributed by atoms with van der Waals surface area (Å²) in [4.78, 5) is 25.3. The van der Waals surface area contributed by atoms with Crippen molar-refractivity contribution in [1.82, 2.24) is 10.2 Å². The third-order valence-corrected chi connectivity index (χ3v) is 6.73. The maximum absolute atomic E-state index is 12.6. The lowest BCUT2D eigenvalue weighted by Gasteiger charge is -2.34. The number of ether oxygens (including phenoxy) is 2. The van der Waals surface area contributed by atoms with Crippen molar-refractivity contribution in [2.24, 2.45) is 16.7 Å². The molecule has 2 amide bonds. The Balaban J connectivity index is 1.47. The molecule has 0 aromatic carbocycles. The fourth-order valence-corrected chi connectivity index (χ4v) is 4.36. The summed E-state index contributed by atoms with van der Waals surface area (Å²) in [7, 11) is 0. The van der Waals surface area contributed by atoms with Gasteiger partial charge in [-0.1, -0.05) is 6.92 Å². The van der Waals surface area contributed by atoms with Crippen LogP contribution in [0.4, 0.5) is 31.1 Å². The SMILES string of the molecule is CC1(CNC(=O)C2CC23CCN(C(=O)OC(C(F)(F)F)C(F)(F)F)CC3)CCOCC1. The van der Waals surface area contributed by atoms with Crippen LogP contribution in [0.2, 0.25) is 0 Å². The first-order chi connectivity index (χ1) is 14.3. The van der Waals surface area contributed by atoms with Crippen molar-refractivity contribution in [2.45, 2.75) is 57.5 Å². The summed E-state index contributed by atoms with van der Waals surface area (Å²) in [6.45, 7) is 3.79. The van der Waals surface area contributed by atoms with Gasteiger partial charge in [-0.15, -0.1) is 0 Å². The molecule has 0 bridgehead atoms. The van der Waals surface area contributed by atoms with Crippen LogP contribution in [0.3, 0.4) is 0 Å². The van der Waals surface area contributed by atoms with Crippen molar-refractivity contribution in [1.29, 1.82) is 0 Å². The normalized spacial score (nSPS) is 25.4. The summed E-state index contributed by atoms with van der Waals surface area (Å²) in [5.74, 6) is -0.356. The van der Waals surface area contributed by atoms with Crippen molar-refractivity contribution >= 4 is 12.0 Å². The molecule has 3 aliphatic rings. The van der Waals surface area contributed by atoms with Crippen LogP contribution < -0.4 is 5.32 Å². The predicted molar refractivity (Wildman–Crippen MR) is 94.9 cm³/mol. The molecule has 3 fully saturated rings. The minimum Gasteiger partial charge on any atom is -0.426 e. The molecule has 1 aliphatic carbocycles. The van der Waals surface area contributed by atoms with Crippen LogP contribution >= 0.6 is 0 Å². The van der Waals surface area contributed by atoms with Gasteiger partial charge in [-0.2, -0.15) is 26.3 Å². The summed E-state index contributed by atoms with van der Waals surface area (Å²) >= 11 is 0. The van der Waals surface area contributed by atoms with Gasteiger partial charge in [0.25, 0.3) is 6.10 Å². The van der Waals surface area contributed by atoms with Crippen LogP contribution in [0.5, 0.6) is 0 Å². The molecule has 0 aromatic rings. The molecule has 1 spiro atoms. The van der Waals surface area contributed by atoms with E-state index >= 15 is 0 Å². The molecule has 178 valence electrons. The van der Waals surface area contributed by atoms with E-state index in [1.54, 1.807) is 0 Å². The van der Waals surface area contributed by atoms with E-state index in [4.69, 9.17) is 4.74 Å². The number of halogens is 6. The number of hydrogen-bond donors (Lipinski definition) is 1. The maximum Gasteiger partial charge on any atom is 0.434 e. The van der Waals surface area contributed by atoms with E-state index in [0.717, 1.165) is 17.7 Å². The molecule has 1 unspecified atom stereocenters. The summed E-state index contributed by atoms with van der Waals surface area (Å²) in [6, 6.07) is 0. The van der Waals surface area contributed by atoms with Crippen molar-refractivity contribution in [2.75, 3.05) is 32.8 Å². The van der Waals surface area contributed by atoms with Crippen molar-refractivity contribution in [3.63, 3.8) is 0 Å². The number of piperidine rings is 1. The van der Waals surface area contributed by atoms with E-state index in [1.165, 1.54) is 0 Å². The molecule has 1 atom stereocenters. The second kappa shape index (κ2) is 8.32. The van der Waals surface area contributed by atoms with Gasteiger partial charge in [0.05, 0.1) is 0 Å². The summed E-state index contributed by atoms with van der Waals surface area (Å²) in [5.41, 5.74) is -0.387. The van der Waals surface area contributed by atoms with Crippen LogP contribution in [0.1, 0.15) is 39.0 Å². The number of nitrogens with one attached hydrogen (secondary N) is 1. The second-order valence-corrected chi connectivity index (χ2v) is 9.09. The van der Waals surface area contributed by atoms with Crippen LogP contribution in [0, 0.1) is 16.7 Å². The Morgan fingerprint density at radius 3 is 2.13 bits per heavy atom. The predicted octanol–water partition coefficient (Wildman–Crippen LogP) is 3.65. The number of carbonyl (C=O) groups excluding carboxylic acids is 2. The summed E-state index contributed by atoms with van der Waals surface area (Å²) in [5, 5.41) is 2.97. The molecular formula is C19H26F6N2O4. The molecule has 0 radical (unpaired) electrons. The van der Waals surface area contributed by atoms with Crippen LogP contribution in [0.15, 0.2) is 0 Å². The van der Waals surface area contributed by atoms with E-state index in [9.17, 15) is 35.9 Å². The topological polar surface area (TPSA) is 67.9 Å². The Morgan fingerprint density at radius 2 is 1.61 bits per heavy atom. The standard InChI is InChI=1S/C19H26F6N2O4/c1-16(4-8-30-9-5-16)11-26-13(28)12-10-17(12)2-6-27(7-3-17)15(29)31-14(18(20,21)22)19(23,24)25/h12,14H,2-11H2,1H3,(H,26,28). The van der Waals surface area contributed by atoms with E-state index in [1.807, 2.05) is 0 Å². The largest absolute Gasteiger partial charge is 0.434 e. The highest BCUT2D eigenvalue weighted by Gasteiger charge is 2.61. The fraction of sp³-hybridized carbons (Fsp3) is 0.895. The molecule has 2 saturated heterocycles. The van der Waals surface area contributed by atoms with Crippen molar-refractivity contribution in [3.8, 4) is 0 Å². The average molecular weight is 460 g/mol. The first-order valence-corrected chi connectivity index (χ1v) is 10.2. The highest BCUT2D eigenvalue weighted by molar-refractivity contribution is 5.82. The fourth-order valence-electron chi connectivity index (χ4n) is 4.36. The highest BCUT2D eigenvalue weighted by Crippen LogP contribution is 2.59. The lowest BCUT2D eigenvalue weighted by molar-refractivity contribution is -0.308. The molecule has 31 heavy (non-hydrogen) atoms. The lowest BCUT2D eigenvalue weighted by atomic mass is 9.82. The second-order valence-electron chi connectivity index (χ2n) is 9.09. The molecule has 2 aliphatic heterocycles. The highest BCUT2D eigenvalue weighted by atomic mass is 19.4. The first-order valence-electron chi connectivity index (χ1n) is 10.2. The van der Waals surface area contributed by atoms with E-state index < -0.39 is 24.5 Å². The Hall–Kier alpha value is -1.72. The molecule has 2 heterocycles. The molecule has 1 saturated carbocycles. The number of likely N-dealkylation sites (tertiary alicyclic amines) is 1. The van der Waals surface area contributed by atoms with Gasteiger partial charge >= 0.3 is 18.4 Å². The zero-order valence-electron chi connectivity index (χ0n) is 17.1. The van der Waals surface area contributed by atoms with Crippen molar-refractivity contribution < 1.29 is 45.4 Å². The van der Waals surface area contributed by atoms with Crippen LogP contribution in [-0.4, -0.2) is 68.2 Å². The first kappa shape index (κ1) is 23.9. The Morgan fingerprint density at radius 1 is 1.06 bits per heavy atom. The Labute approximate surface area is 175 Å². The molecule has 12 heteroatoms. The minimum atomic E-state index is -5.74. The molecule has 6 nitrogen and oxygen atoms in total. The van der Waals surface area contributed by atoms with Crippen LogP contribution in [0.25, 0.3) is 0 Å².